The number of piperidine rings is 1. The fraction of sp³-hybridized carbons (Fsp3) is 0.407. The number of carbonyl (C=O) groups excluding carboxylic acids is 1. The number of nitrogens with zero attached hydrogens (tertiary/aromatic N) is 3. The maximum atomic E-state index is 14.1. The second-order valence-electron chi connectivity index (χ2n) is 9.38. The minimum atomic E-state index is -4.75. The van der Waals surface area contributed by atoms with Crippen molar-refractivity contribution in [2.75, 3.05) is 31.1 Å². The van der Waals surface area contributed by atoms with Gasteiger partial charge in [-0.05, 0) is 61.6 Å². The highest BCUT2D eigenvalue weighted by molar-refractivity contribution is 6.31. The quantitative estimate of drug-likeness (QED) is 0.365. The van der Waals surface area contributed by atoms with Gasteiger partial charge in [0.05, 0.1) is 18.8 Å². The van der Waals surface area contributed by atoms with Crippen LogP contribution in [0.2, 0.25) is 5.02 Å². The average molecular weight is 569 g/mol. The molecule has 1 unspecified atom stereocenters. The van der Waals surface area contributed by atoms with E-state index < -0.39 is 29.4 Å². The van der Waals surface area contributed by atoms with Crippen molar-refractivity contribution in [2.45, 2.75) is 44.9 Å². The first-order valence-corrected chi connectivity index (χ1v) is 12.8. The van der Waals surface area contributed by atoms with Gasteiger partial charge in [0.15, 0.2) is 5.69 Å². The van der Waals surface area contributed by atoms with Gasteiger partial charge in [0.2, 0.25) is 0 Å². The number of anilines is 1. The van der Waals surface area contributed by atoms with Crippen molar-refractivity contribution >= 4 is 35.7 Å². The van der Waals surface area contributed by atoms with Crippen LogP contribution >= 0.6 is 24.0 Å². The molecule has 0 bridgehead atoms. The van der Waals surface area contributed by atoms with E-state index in [1.54, 1.807) is 6.92 Å². The molecule has 5 rings (SSSR count). The Bertz CT molecular complexity index is 1310. The number of nitrogens with one attached hydrogen (secondary N) is 1. The summed E-state index contributed by atoms with van der Waals surface area (Å²) in [6.07, 6.45) is -1.67. The van der Waals surface area contributed by atoms with Crippen molar-refractivity contribution in [1.82, 2.24) is 15.1 Å². The van der Waals surface area contributed by atoms with Crippen LogP contribution in [-0.2, 0) is 23.9 Å². The van der Waals surface area contributed by atoms with Crippen LogP contribution in [0.3, 0.4) is 0 Å². The van der Waals surface area contributed by atoms with Crippen LogP contribution in [0.4, 0.5) is 18.9 Å². The molecule has 0 radical (unpaired) electrons. The van der Waals surface area contributed by atoms with E-state index in [1.165, 1.54) is 11.1 Å². The van der Waals surface area contributed by atoms with Gasteiger partial charge >= 0.3 is 12.1 Å². The number of alkyl halides is 3. The van der Waals surface area contributed by atoms with Crippen molar-refractivity contribution in [3.05, 3.63) is 70.0 Å². The van der Waals surface area contributed by atoms with Crippen LogP contribution in [-0.4, -0.2) is 42.0 Å². The lowest BCUT2D eigenvalue weighted by Crippen LogP contribution is -2.38. The first-order valence-electron chi connectivity index (χ1n) is 12.5. The van der Waals surface area contributed by atoms with Crippen LogP contribution < -0.4 is 10.2 Å². The van der Waals surface area contributed by atoms with Gasteiger partial charge in [0.25, 0.3) is 0 Å². The summed E-state index contributed by atoms with van der Waals surface area (Å²) in [5, 5.41) is 7.96. The van der Waals surface area contributed by atoms with Gasteiger partial charge in [0, 0.05) is 35.9 Å². The van der Waals surface area contributed by atoms with Gasteiger partial charge in [-0.25, -0.2) is 4.79 Å². The van der Waals surface area contributed by atoms with E-state index in [4.69, 9.17) is 16.3 Å². The molecular formula is C27H29Cl2F3N4O2. The van der Waals surface area contributed by atoms with E-state index in [9.17, 15) is 18.0 Å². The third-order valence-electron chi connectivity index (χ3n) is 7.01. The number of benzene rings is 2. The van der Waals surface area contributed by atoms with Crippen LogP contribution in [0.1, 0.15) is 53.0 Å². The summed E-state index contributed by atoms with van der Waals surface area (Å²) in [6.45, 7) is 4.28. The van der Waals surface area contributed by atoms with E-state index in [-0.39, 0.29) is 19.0 Å². The number of aromatic nitrogens is 2. The lowest BCUT2D eigenvalue weighted by atomic mass is 9.94. The van der Waals surface area contributed by atoms with Crippen molar-refractivity contribution in [3.63, 3.8) is 0 Å². The molecule has 2 aromatic carbocycles. The Morgan fingerprint density at radius 2 is 2.03 bits per heavy atom. The fourth-order valence-corrected chi connectivity index (χ4v) is 5.47. The molecule has 0 aliphatic carbocycles. The van der Waals surface area contributed by atoms with E-state index in [1.807, 2.05) is 18.2 Å². The molecule has 2 aliphatic heterocycles. The number of fused-ring (bicyclic) bond motifs is 1. The third-order valence-corrected chi connectivity index (χ3v) is 7.24. The van der Waals surface area contributed by atoms with Gasteiger partial charge in [-0.1, -0.05) is 35.9 Å². The highest BCUT2D eigenvalue weighted by atomic mass is 35.5. The smallest absolute Gasteiger partial charge is 0.433 e. The normalized spacial score (nSPS) is 17.5. The van der Waals surface area contributed by atoms with Crippen molar-refractivity contribution < 1.29 is 22.7 Å². The molecule has 6 nitrogen and oxygen atoms in total. The summed E-state index contributed by atoms with van der Waals surface area (Å²) in [7, 11) is 0. The largest absolute Gasteiger partial charge is 0.462 e. The molecule has 0 amide bonds. The van der Waals surface area contributed by atoms with Crippen LogP contribution in [0.5, 0.6) is 0 Å². The van der Waals surface area contributed by atoms with Crippen molar-refractivity contribution in [3.8, 4) is 11.1 Å². The Hall–Kier alpha value is -2.75. The predicted molar refractivity (Wildman–Crippen MR) is 143 cm³/mol. The zero-order valence-electron chi connectivity index (χ0n) is 20.9. The molecule has 204 valence electrons. The minimum Gasteiger partial charge on any atom is -0.462 e. The summed E-state index contributed by atoms with van der Waals surface area (Å²) in [5.74, 6) is -1.02. The second-order valence-corrected chi connectivity index (χ2v) is 9.82. The average Bonchev–Trinajstić information content (AvgIpc) is 3.35. The lowest BCUT2D eigenvalue weighted by molar-refractivity contribution is -0.145. The highest BCUT2D eigenvalue weighted by Gasteiger charge is 2.42. The molecule has 3 aromatic rings. The van der Waals surface area contributed by atoms with Crippen LogP contribution in [0.25, 0.3) is 11.1 Å². The lowest BCUT2D eigenvalue weighted by Gasteiger charge is -2.36. The first-order chi connectivity index (χ1) is 17.8. The van der Waals surface area contributed by atoms with Gasteiger partial charge in [-0.3, -0.25) is 4.68 Å². The molecule has 2 aliphatic rings. The molecule has 1 saturated heterocycles. The summed E-state index contributed by atoms with van der Waals surface area (Å²) >= 11 is 6.39. The topological polar surface area (TPSA) is 59.4 Å². The Balaban J connectivity index is 0.00000336. The maximum absolute atomic E-state index is 14.1. The number of hydrogen-bond acceptors (Lipinski definition) is 5. The highest BCUT2D eigenvalue weighted by Crippen LogP contribution is 2.39. The SMILES string of the molecule is CCOC(=O)c1cnn(C2CCCN(c3cc(Cl)ccc3-c3ccc4c(c3)CCNC4)C2)c1C(F)(F)F.Cl. The molecule has 0 saturated carbocycles. The molecule has 1 aromatic heterocycles. The zero-order valence-corrected chi connectivity index (χ0v) is 22.4. The molecule has 1 N–H and O–H groups in total. The second kappa shape index (κ2) is 11.6. The summed E-state index contributed by atoms with van der Waals surface area (Å²) in [5.41, 5.74) is 3.86. The Labute approximate surface area is 230 Å². The predicted octanol–water partition coefficient (Wildman–Crippen LogP) is 6.31. The van der Waals surface area contributed by atoms with Crippen LogP contribution in [0.15, 0.2) is 42.6 Å². The first kappa shape index (κ1) is 28.3. The van der Waals surface area contributed by atoms with Gasteiger partial charge in [0.1, 0.15) is 5.56 Å². The molecule has 1 fully saturated rings. The maximum Gasteiger partial charge on any atom is 0.433 e. The Morgan fingerprint density at radius 3 is 2.79 bits per heavy atom. The number of halogens is 5. The standard InChI is InChI=1S/C27H28ClF3N4O2.ClH/c1-2-37-26(36)23-15-33-35(25(23)27(29,30)31)21-4-3-11-34(16-21)24-13-20(28)7-8-22(24)18-5-6-19-14-32-10-9-17(19)12-18;/h5-8,12-13,15,21,32H,2-4,9-11,14,16H2,1H3;1H. The fourth-order valence-electron chi connectivity index (χ4n) is 5.31. The zero-order chi connectivity index (χ0) is 26.2. The van der Waals surface area contributed by atoms with Gasteiger partial charge in [-0.15, -0.1) is 12.4 Å². The number of carbonyl (C=O) groups is 1. The molecular weight excluding hydrogens is 540 g/mol. The number of esters is 1. The van der Waals surface area contributed by atoms with Crippen molar-refractivity contribution in [1.29, 1.82) is 0 Å². The van der Waals surface area contributed by atoms with Gasteiger partial charge < -0.3 is 15.0 Å². The number of hydrogen-bond donors (Lipinski definition) is 1. The number of ether oxygens (including phenoxy) is 1. The van der Waals surface area contributed by atoms with E-state index in [0.29, 0.717) is 31.0 Å². The van der Waals surface area contributed by atoms with E-state index in [0.717, 1.165) is 47.2 Å². The summed E-state index contributed by atoms with van der Waals surface area (Å²) in [6, 6.07) is 11.5. The molecule has 0 spiro atoms. The molecule has 1 atom stereocenters. The molecule has 11 heteroatoms. The van der Waals surface area contributed by atoms with E-state index >= 15 is 0 Å². The summed E-state index contributed by atoms with van der Waals surface area (Å²) in [4.78, 5) is 14.3. The number of rotatable bonds is 5. The summed E-state index contributed by atoms with van der Waals surface area (Å²) < 4.78 is 48.1. The third kappa shape index (κ3) is 5.65. The minimum absolute atomic E-state index is 0. The Morgan fingerprint density at radius 1 is 1.21 bits per heavy atom. The van der Waals surface area contributed by atoms with Crippen molar-refractivity contribution in [2.24, 2.45) is 0 Å². The van der Waals surface area contributed by atoms with Crippen LogP contribution in [0, 0.1) is 0 Å². The molecule has 3 heterocycles. The Kier molecular flexibility index (Phi) is 8.59. The monoisotopic (exact) mass is 568 g/mol. The van der Waals surface area contributed by atoms with E-state index in [2.05, 4.69) is 33.5 Å². The molecule has 38 heavy (non-hydrogen) atoms. The van der Waals surface area contributed by atoms with Gasteiger partial charge in [-0.2, -0.15) is 18.3 Å².